The van der Waals surface area contributed by atoms with Crippen LogP contribution in [0.15, 0.2) is 29.2 Å². The Labute approximate surface area is 145 Å². The van der Waals surface area contributed by atoms with Crippen LogP contribution < -0.4 is 0 Å². The van der Waals surface area contributed by atoms with Crippen LogP contribution in [-0.4, -0.2) is 78.5 Å². The molecule has 0 aliphatic carbocycles. The Morgan fingerprint density at radius 1 is 1.42 bits per heavy atom. The van der Waals surface area contributed by atoms with Crippen molar-refractivity contribution in [3.8, 4) is 0 Å². The molecule has 7 heteroatoms. The molecular weight excluding hydrogens is 328 g/mol. The molecule has 130 valence electrons. The van der Waals surface area contributed by atoms with E-state index in [9.17, 15) is 9.59 Å². The van der Waals surface area contributed by atoms with Crippen molar-refractivity contribution >= 4 is 23.6 Å². The third-order valence-electron chi connectivity index (χ3n) is 4.37. The number of nitrogens with zero attached hydrogens (tertiary/aromatic N) is 2. The molecule has 3 rings (SSSR count). The first kappa shape index (κ1) is 17.3. The SMILES string of the molecule is CN(CC(=O)O)C[C@H]1CN(C(=O)[C@H]2CSc3ccccc32)CCO1. The van der Waals surface area contributed by atoms with Crippen LogP contribution in [-0.2, 0) is 14.3 Å². The van der Waals surface area contributed by atoms with Crippen LogP contribution in [0.25, 0.3) is 0 Å². The summed E-state index contributed by atoms with van der Waals surface area (Å²) in [6.45, 7) is 2.10. The van der Waals surface area contributed by atoms with Crippen LogP contribution in [0.2, 0.25) is 0 Å². The molecule has 1 saturated heterocycles. The Morgan fingerprint density at radius 3 is 3.00 bits per heavy atom. The average molecular weight is 350 g/mol. The molecule has 24 heavy (non-hydrogen) atoms. The number of fused-ring (bicyclic) bond motifs is 1. The standard InChI is InChI=1S/C17H22N2O4S/c1-18(10-16(20)21)8-12-9-19(6-7-23-12)17(22)14-11-24-15-5-3-2-4-13(14)15/h2-5,12,14H,6-11H2,1H3,(H,20,21)/t12-,14-/m0/s1. The normalized spacial score (nSPS) is 23.3. The van der Waals surface area contributed by atoms with Crippen molar-refractivity contribution in [3.05, 3.63) is 29.8 Å². The molecule has 0 unspecified atom stereocenters. The predicted molar refractivity (Wildman–Crippen MR) is 91.4 cm³/mol. The van der Waals surface area contributed by atoms with E-state index in [0.29, 0.717) is 26.2 Å². The Hall–Kier alpha value is -1.57. The minimum Gasteiger partial charge on any atom is -0.480 e. The first-order chi connectivity index (χ1) is 11.5. The molecule has 0 aromatic heterocycles. The highest BCUT2D eigenvalue weighted by Gasteiger charge is 2.34. The van der Waals surface area contributed by atoms with Crippen molar-refractivity contribution in [2.75, 3.05) is 45.6 Å². The Kier molecular flexibility index (Phi) is 5.43. The lowest BCUT2D eigenvalue weighted by molar-refractivity contribution is -0.143. The summed E-state index contributed by atoms with van der Waals surface area (Å²) in [6, 6.07) is 8.09. The number of morpholine rings is 1. The summed E-state index contributed by atoms with van der Waals surface area (Å²) in [7, 11) is 1.75. The number of thioether (sulfide) groups is 1. The zero-order valence-corrected chi connectivity index (χ0v) is 14.5. The van der Waals surface area contributed by atoms with Crippen molar-refractivity contribution in [1.29, 1.82) is 0 Å². The van der Waals surface area contributed by atoms with Gasteiger partial charge in [-0.25, -0.2) is 0 Å². The van der Waals surface area contributed by atoms with Gasteiger partial charge < -0.3 is 14.7 Å². The molecule has 0 radical (unpaired) electrons. The van der Waals surface area contributed by atoms with Crippen molar-refractivity contribution in [1.82, 2.24) is 9.80 Å². The summed E-state index contributed by atoms with van der Waals surface area (Å²) < 4.78 is 5.71. The van der Waals surface area contributed by atoms with Gasteiger partial charge in [0, 0.05) is 30.3 Å². The highest BCUT2D eigenvalue weighted by molar-refractivity contribution is 7.99. The quantitative estimate of drug-likeness (QED) is 0.858. The van der Waals surface area contributed by atoms with Gasteiger partial charge in [-0.15, -0.1) is 11.8 Å². The first-order valence-corrected chi connectivity index (χ1v) is 9.05. The lowest BCUT2D eigenvalue weighted by Gasteiger charge is -2.35. The second kappa shape index (κ2) is 7.55. The monoisotopic (exact) mass is 350 g/mol. The van der Waals surface area contributed by atoms with E-state index in [0.717, 1.165) is 11.3 Å². The maximum Gasteiger partial charge on any atom is 0.317 e. The Bertz CT molecular complexity index is 624. The highest BCUT2D eigenvalue weighted by Crippen LogP contribution is 2.40. The Morgan fingerprint density at radius 2 is 2.21 bits per heavy atom. The molecule has 1 aromatic carbocycles. The summed E-state index contributed by atoms with van der Waals surface area (Å²) >= 11 is 1.73. The molecule has 2 heterocycles. The fourth-order valence-corrected chi connectivity index (χ4v) is 4.48. The number of benzene rings is 1. The van der Waals surface area contributed by atoms with E-state index in [1.807, 2.05) is 23.1 Å². The highest BCUT2D eigenvalue weighted by atomic mass is 32.2. The second-order valence-corrected chi connectivity index (χ2v) is 7.33. The van der Waals surface area contributed by atoms with E-state index in [-0.39, 0.29) is 24.5 Å². The molecule has 2 aliphatic rings. The number of carboxylic acids is 1. The summed E-state index contributed by atoms with van der Waals surface area (Å²) in [4.78, 5) is 28.5. The average Bonchev–Trinajstić information content (AvgIpc) is 2.97. The van der Waals surface area contributed by atoms with Gasteiger partial charge in [0.05, 0.1) is 25.2 Å². The van der Waals surface area contributed by atoms with Crippen molar-refractivity contribution in [3.63, 3.8) is 0 Å². The fraction of sp³-hybridized carbons (Fsp3) is 0.529. The van der Waals surface area contributed by atoms with Crippen LogP contribution in [0.3, 0.4) is 0 Å². The summed E-state index contributed by atoms with van der Waals surface area (Å²) in [5, 5.41) is 8.84. The predicted octanol–water partition coefficient (Wildman–Crippen LogP) is 1.12. The maximum atomic E-state index is 12.9. The summed E-state index contributed by atoms with van der Waals surface area (Å²) in [6.07, 6.45) is -0.142. The number of aliphatic carboxylic acids is 1. The molecular formula is C17H22N2O4S. The lowest BCUT2D eigenvalue weighted by Crippen LogP contribution is -2.50. The zero-order chi connectivity index (χ0) is 17.1. The van der Waals surface area contributed by atoms with E-state index < -0.39 is 5.97 Å². The van der Waals surface area contributed by atoms with Gasteiger partial charge in [0.1, 0.15) is 0 Å². The topological polar surface area (TPSA) is 70.1 Å². The number of carboxylic acid groups (broad SMARTS) is 1. The molecule has 1 amide bonds. The molecule has 2 atom stereocenters. The summed E-state index contributed by atoms with van der Waals surface area (Å²) in [5.41, 5.74) is 1.12. The zero-order valence-electron chi connectivity index (χ0n) is 13.7. The number of ether oxygens (including phenoxy) is 1. The molecule has 1 fully saturated rings. The van der Waals surface area contributed by atoms with Gasteiger partial charge in [-0.2, -0.15) is 0 Å². The molecule has 0 saturated carbocycles. The molecule has 2 aliphatic heterocycles. The smallest absolute Gasteiger partial charge is 0.317 e. The van der Waals surface area contributed by atoms with Gasteiger partial charge in [0.2, 0.25) is 5.91 Å². The van der Waals surface area contributed by atoms with Gasteiger partial charge >= 0.3 is 5.97 Å². The van der Waals surface area contributed by atoms with Gasteiger partial charge in [-0.3, -0.25) is 14.5 Å². The van der Waals surface area contributed by atoms with Gasteiger partial charge in [-0.1, -0.05) is 18.2 Å². The van der Waals surface area contributed by atoms with E-state index in [4.69, 9.17) is 9.84 Å². The van der Waals surface area contributed by atoms with E-state index in [2.05, 4.69) is 6.07 Å². The third kappa shape index (κ3) is 3.91. The van der Waals surface area contributed by atoms with E-state index >= 15 is 0 Å². The second-order valence-electron chi connectivity index (χ2n) is 6.27. The van der Waals surface area contributed by atoms with Crippen LogP contribution in [0.1, 0.15) is 11.5 Å². The van der Waals surface area contributed by atoms with E-state index in [1.54, 1.807) is 23.7 Å². The minimum absolute atomic E-state index is 0.0273. The number of amides is 1. The van der Waals surface area contributed by atoms with E-state index in [1.165, 1.54) is 4.90 Å². The van der Waals surface area contributed by atoms with Crippen molar-refractivity contribution < 1.29 is 19.4 Å². The minimum atomic E-state index is -0.860. The fourth-order valence-electron chi connectivity index (χ4n) is 3.26. The van der Waals surface area contributed by atoms with Crippen LogP contribution in [0, 0.1) is 0 Å². The molecule has 0 bridgehead atoms. The molecule has 1 aromatic rings. The largest absolute Gasteiger partial charge is 0.480 e. The number of carbonyl (C=O) groups is 2. The van der Waals surface area contributed by atoms with Crippen LogP contribution in [0.5, 0.6) is 0 Å². The number of carbonyl (C=O) groups excluding carboxylic acids is 1. The number of hydrogen-bond acceptors (Lipinski definition) is 5. The number of rotatable bonds is 5. The number of likely N-dealkylation sites (N-methyl/N-ethyl adjacent to an activating group) is 1. The van der Waals surface area contributed by atoms with Gasteiger partial charge in [0.15, 0.2) is 0 Å². The maximum absolute atomic E-state index is 12.9. The molecule has 6 nitrogen and oxygen atoms in total. The van der Waals surface area contributed by atoms with Crippen molar-refractivity contribution in [2.24, 2.45) is 0 Å². The van der Waals surface area contributed by atoms with Gasteiger partial charge in [0.25, 0.3) is 0 Å². The Balaban J connectivity index is 1.61. The van der Waals surface area contributed by atoms with Crippen LogP contribution in [0.4, 0.5) is 0 Å². The lowest BCUT2D eigenvalue weighted by atomic mass is 9.99. The van der Waals surface area contributed by atoms with Crippen LogP contribution >= 0.6 is 11.8 Å². The molecule has 1 N–H and O–H groups in total. The first-order valence-electron chi connectivity index (χ1n) is 8.07. The number of hydrogen-bond donors (Lipinski definition) is 1. The van der Waals surface area contributed by atoms with Crippen molar-refractivity contribution in [2.45, 2.75) is 16.9 Å². The molecule has 0 spiro atoms. The summed E-state index contributed by atoms with van der Waals surface area (Å²) in [5.74, 6) is 0.00299. The third-order valence-corrected chi connectivity index (χ3v) is 5.55. The van der Waals surface area contributed by atoms with Gasteiger partial charge in [-0.05, 0) is 18.7 Å².